The average Bonchev–Trinajstić information content (AvgIpc) is 3.05. The van der Waals surface area contributed by atoms with E-state index < -0.39 is 0 Å². The number of hydrogen-bond acceptors (Lipinski definition) is 3. The molecule has 0 spiro atoms. The summed E-state index contributed by atoms with van der Waals surface area (Å²) in [7, 11) is 1.80. The van der Waals surface area contributed by atoms with E-state index in [2.05, 4.69) is 44.2 Å². The van der Waals surface area contributed by atoms with Crippen LogP contribution in [0, 0.1) is 5.92 Å². The van der Waals surface area contributed by atoms with Gasteiger partial charge < -0.3 is 15.2 Å². The monoisotopic (exact) mass is 420 g/mol. The van der Waals surface area contributed by atoms with Crippen molar-refractivity contribution in [3.05, 3.63) is 11.6 Å². The van der Waals surface area contributed by atoms with Crippen LogP contribution in [0.25, 0.3) is 0 Å². The minimum Gasteiger partial charge on any atom is -0.356 e. The quantitative estimate of drug-likeness (QED) is 0.308. The van der Waals surface area contributed by atoms with Crippen molar-refractivity contribution in [2.24, 2.45) is 10.9 Å². The standard InChI is InChI=1S/C15H28N6.HI/c1-12(2)7-4-5-9-17-15(16-3)18-11-14-20-19-13-8-6-10-21(13)14;/h12H,4-11H2,1-3H3,(H2,16,17,18);1H. The highest BCUT2D eigenvalue weighted by molar-refractivity contribution is 14.0. The summed E-state index contributed by atoms with van der Waals surface area (Å²) in [6.45, 7) is 7.22. The van der Waals surface area contributed by atoms with Gasteiger partial charge in [0.25, 0.3) is 0 Å². The molecular weight excluding hydrogens is 391 g/mol. The molecule has 1 aliphatic heterocycles. The first-order chi connectivity index (χ1) is 10.2. The van der Waals surface area contributed by atoms with Crippen LogP contribution in [0.4, 0.5) is 0 Å². The smallest absolute Gasteiger partial charge is 0.191 e. The lowest BCUT2D eigenvalue weighted by Crippen LogP contribution is -2.37. The number of halogens is 1. The van der Waals surface area contributed by atoms with Gasteiger partial charge in [-0.25, -0.2) is 0 Å². The molecule has 22 heavy (non-hydrogen) atoms. The van der Waals surface area contributed by atoms with Crippen molar-refractivity contribution < 1.29 is 0 Å². The van der Waals surface area contributed by atoms with Gasteiger partial charge in [0, 0.05) is 26.6 Å². The zero-order valence-corrected chi connectivity index (χ0v) is 16.3. The van der Waals surface area contributed by atoms with Gasteiger partial charge in [0.05, 0.1) is 6.54 Å². The third-order valence-electron chi connectivity index (χ3n) is 3.82. The van der Waals surface area contributed by atoms with Gasteiger partial charge in [0.2, 0.25) is 0 Å². The molecule has 0 atom stereocenters. The second-order valence-electron chi connectivity index (χ2n) is 6.03. The Balaban J connectivity index is 0.00000242. The number of guanidine groups is 1. The van der Waals surface area contributed by atoms with E-state index in [4.69, 9.17) is 0 Å². The normalized spacial score (nSPS) is 13.9. The van der Waals surface area contributed by atoms with Gasteiger partial charge in [-0.1, -0.05) is 26.7 Å². The molecule has 0 aliphatic carbocycles. The number of hydrogen-bond donors (Lipinski definition) is 2. The number of aliphatic imine (C=N–C) groups is 1. The van der Waals surface area contributed by atoms with Crippen molar-refractivity contribution >= 4 is 29.9 Å². The first-order valence-corrected chi connectivity index (χ1v) is 8.06. The maximum atomic E-state index is 4.25. The molecule has 7 heteroatoms. The van der Waals surface area contributed by atoms with Gasteiger partial charge >= 0.3 is 0 Å². The molecule has 0 unspecified atom stereocenters. The van der Waals surface area contributed by atoms with Crippen molar-refractivity contribution in [1.29, 1.82) is 0 Å². The lowest BCUT2D eigenvalue weighted by atomic mass is 10.1. The number of aryl methyl sites for hydroxylation is 1. The van der Waals surface area contributed by atoms with Gasteiger partial charge in [0.1, 0.15) is 5.82 Å². The summed E-state index contributed by atoms with van der Waals surface area (Å²) in [5, 5.41) is 15.1. The molecule has 2 heterocycles. The minimum atomic E-state index is 0. The maximum Gasteiger partial charge on any atom is 0.191 e. The highest BCUT2D eigenvalue weighted by atomic mass is 127. The topological polar surface area (TPSA) is 67.1 Å². The van der Waals surface area contributed by atoms with Crippen LogP contribution in [0.5, 0.6) is 0 Å². The van der Waals surface area contributed by atoms with Crippen LogP contribution >= 0.6 is 24.0 Å². The second kappa shape index (κ2) is 10.0. The van der Waals surface area contributed by atoms with Gasteiger partial charge in [-0.3, -0.25) is 4.99 Å². The van der Waals surface area contributed by atoms with Crippen molar-refractivity contribution in [3.63, 3.8) is 0 Å². The van der Waals surface area contributed by atoms with E-state index in [0.717, 1.165) is 43.0 Å². The molecule has 2 rings (SSSR count). The summed E-state index contributed by atoms with van der Waals surface area (Å²) in [6.07, 6.45) is 5.97. The molecule has 1 aromatic heterocycles. The molecule has 1 aliphatic rings. The highest BCUT2D eigenvalue weighted by Crippen LogP contribution is 2.13. The maximum absolute atomic E-state index is 4.25. The van der Waals surface area contributed by atoms with E-state index in [9.17, 15) is 0 Å². The Hall–Kier alpha value is -0.860. The van der Waals surface area contributed by atoms with E-state index in [0.29, 0.717) is 6.54 Å². The molecule has 6 nitrogen and oxygen atoms in total. The fraction of sp³-hybridized carbons (Fsp3) is 0.800. The number of fused-ring (bicyclic) bond motifs is 1. The van der Waals surface area contributed by atoms with Crippen LogP contribution < -0.4 is 10.6 Å². The Kier molecular flexibility index (Phi) is 8.74. The lowest BCUT2D eigenvalue weighted by molar-refractivity contribution is 0.534. The van der Waals surface area contributed by atoms with Crippen molar-refractivity contribution in [2.45, 2.75) is 59.0 Å². The van der Waals surface area contributed by atoms with Crippen molar-refractivity contribution in [2.75, 3.05) is 13.6 Å². The zero-order chi connectivity index (χ0) is 15.1. The first-order valence-electron chi connectivity index (χ1n) is 8.06. The Morgan fingerprint density at radius 3 is 2.82 bits per heavy atom. The summed E-state index contributed by atoms with van der Waals surface area (Å²) >= 11 is 0. The molecule has 0 aromatic carbocycles. The molecular formula is C15H29IN6. The molecule has 126 valence electrons. The van der Waals surface area contributed by atoms with Gasteiger partial charge in [-0.05, 0) is 18.8 Å². The molecule has 0 amide bonds. The molecule has 1 aromatic rings. The SMILES string of the molecule is CN=C(NCCCCC(C)C)NCc1nnc2n1CCC2.I. The van der Waals surface area contributed by atoms with E-state index in [1.807, 2.05) is 0 Å². The zero-order valence-electron chi connectivity index (χ0n) is 13.9. The number of rotatable bonds is 7. The summed E-state index contributed by atoms with van der Waals surface area (Å²) in [6, 6.07) is 0. The number of unbranched alkanes of at least 4 members (excludes halogenated alkanes) is 1. The van der Waals surface area contributed by atoms with E-state index in [-0.39, 0.29) is 24.0 Å². The summed E-state index contributed by atoms with van der Waals surface area (Å²) in [5.74, 6) is 3.75. The Labute approximate surface area is 150 Å². The number of nitrogens with zero attached hydrogens (tertiary/aromatic N) is 4. The average molecular weight is 420 g/mol. The summed E-state index contributed by atoms with van der Waals surface area (Å²) in [4.78, 5) is 4.25. The van der Waals surface area contributed by atoms with Crippen LogP contribution in [0.15, 0.2) is 4.99 Å². The summed E-state index contributed by atoms with van der Waals surface area (Å²) in [5.41, 5.74) is 0. The number of aromatic nitrogens is 3. The van der Waals surface area contributed by atoms with Crippen LogP contribution in [0.2, 0.25) is 0 Å². The predicted octanol–water partition coefficient (Wildman–Crippen LogP) is 2.33. The molecule has 0 saturated carbocycles. The molecule has 0 radical (unpaired) electrons. The van der Waals surface area contributed by atoms with Gasteiger partial charge in [-0.15, -0.1) is 34.2 Å². The van der Waals surface area contributed by atoms with Gasteiger partial charge in [0.15, 0.2) is 11.8 Å². The fourth-order valence-electron chi connectivity index (χ4n) is 2.61. The molecule has 2 N–H and O–H groups in total. The van der Waals surface area contributed by atoms with Crippen LogP contribution in [0.1, 0.15) is 51.2 Å². The van der Waals surface area contributed by atoms with Crippen molar-refractivity contribution in [3.8, 4) is 0 Å². The minimum absolute atomic E-state index is 0. The molecule has 0 fully saturated rings. The Morgan fingerprint density at radius 1 is 1.27 bits per heavy atom. The van der Waals surface area contributed by atoms with Crippen molar-refractivity contribution in [1.82, 2.24) is 25.4 Å². The van der Waals surface area contributed by atoms with Crippen LogP contribution in [-0.4, -0.2) is 34.3 Å². The van der Waals surface area contributed by atoms with E-state index in [1.165, 1.54) is 25.7 Å². The van der Waals surface area contributed by atoms with Gasteiger partial charge in [-0.2, -0.15) is 0 Å². The number of nitrogens with one attached hydrogen (secondary N) is 2. The Morgan fingerprint density at radius 2 is 2.09 bits per heavy atom. The summed E-state index contributed by atoms with van der Waals surface area (Å²) < 4.78 is 2.21. The molecule has 0 saturated heterocycles. The van der Waals surface area contributed by atoms with E-state index in [1.54, 1.807) is 7.05 Å². The third-order valence-corrected chi connectivity index (χ3v) is 3.82. The second-order valence-corrected chi connectivity index (χ2v) is 6.03. The first kappa shape index (κ1) is 19.2. The van der Waals surface area contributed by atoms with Crippen LogP contribution in [-0.2, 0) is 19.5 Å². The molecule has 0 bridgehead atoms. The Bertz CT molecular complexity index is 469. The third kappa shape index (κ3) is 5.73. The predicted molar refractivity (Wildman–Crippen MR) is 101 cm³/mol. The fourth-order valence-corrected chi connectivity index (χ4v) is 2.61. The van der Waals surface area contributed by atoms with Crippen LogP contribution in [0.3, 0.4) is 0 Å². The highest BCUT2D eigenvalue weighted by Gasteiger charge is 2.16. The largest absolute Gasteiger partial charge is 0.356 e. The lowest BCUT2D eigenvalue weighted by Gasteiger charge is -2.12. The van der Waals surface area contributed by atoms with E-state index >= 15 is 0 Å².